The fraction of sp³-hybridized carbons (Fsp3) is 0.211. The topological polar surface area (TPSA) is 78.1 Å². The van der Waals surface area contributed by atoms with Crippen LogP contribution in [0.3, 0.4) is 0 Å². The molecule has 4 rings (SSSR count). The molecule has 1 unspecified atom stereocenters. The van der Waals surface area contributed by atoms with E-state index in [0.29, 0.717) is 24.2 Å². The Bertz CT molecular complexity index is 1010. The van der Waals surface area contributed by atoms with Crippen LogP contribution in [0, 0.1) is 17.6 Å². The molecule has 2 heterocycles. The minimum absolute atomic E-state index is 0.0434. The Morgan fingerprint density at radius 2 is 2.00 bits per heavy atom. The first-order chi connectivity index (χ1) is 13.0. The van der Waals surface area contributed by atoms with Gasteiger partial charge in [0.05, 0.1) is 11.7 Å². The Balaban J connectivity index is 1.43. The quantitative estimate of drug-likeness (QED) is 0.693. The van der Waals surface area contributed by atoms with Crippen molar-refractivity contribution in [2.45, 2.75) is 13.0 Å². The monoisotopic (exact) mass is 370 g/mol. The smallest absolute Gasteiger partial charge is 0.239 e. The van der Waals surface area contributed by atoms with Gasteiger partial charge < -0.3 is 10.2 Å². The Labute approximate surface area is 153 Å². The number of aromatic amines is 1. The van der Waals surface area contributed by atoms with Crippen LogP contribution in [0.2, 0.25) is 0 Å². The number of aromatic nitrogens is 2. The van der Waals surface area contributed by atoms with Crippen molar-refractivity contribution in [1.82, 2.24) is 15.5 Å². The van der Waals surface area contributed by atoms with Crippen LogP contribution in [0.15, 0.2) is 42.6 Å². The number of carbonyl (C=O) groups is 2. The number of carbonyl (C=O) groups excluding carboxylic acids is 2. The first-order valence-corrected chi connectivity index (χ1v) is 8.48. The maximum atomic E-state index is 13.2. The van der Waals surface area contributed by atoms with Crippen molar-refractivity contribution in [3.63, 3.8) is 0 Å². The van der Waals surface area contributed by atoms with E-state index in [9.17, 15) is 18.4 Å². The lowest BCUT2D eigenvalue weighted by atomic mass is 10.1. The molecule has 0 saturated carbocycles. The highest BCUT2D eigenvalue weighted by atomic mass is 19.1. The largest absolute Gasteiger partial charge is 0.351 e. The summed E-state index contributed by atoms with van der Waals surface area (Å²) in [7, 11) is 0. The Morgan fingerprint density at radius 1 is 1.22 bits per heavy atom. The summed E-state index contributed by atoms with van der Waals surface area (Å²) >= 11 is 0. The van der Waals surface area contributed by atoms with E-state index >= 15 is 0 Å². The second kappa shape index (κ2) is 6.79. The van der Waals surface area contributed by atoms with Crippen molar-refractivity contribution >= 4 is 28.4 Å². The Kier molecular flexibility index (Phi) is 4.31. The first-order valence-electron chi connectivity index (χ1n) is 8.48. The molecule has 1 saturated heterocycles. The second-order valence-electron chi connectivity index (χ2n) is 6.47. The summed E-state index contributed by atoms with van der Waals surface area (Å²) in [6, 6.07) is 8.52. The van der Waals surface area contributed by atoms with E-state index in [1.54, 1.807) is 17.2 Å². The number of halogens is 2. The zero-order valence-electron chi connectivity index (χ0n) is 14.2. The highest BCUT2D eigenvalue weighted by molar-refractivity contribution is 6.10. The van der Waals surface area contributed by atoms with Crippen LogP contribution in [0.5, 0.6) is 0 Å². The summed E-state index contributed by atoms with van der Waals surface area (Å²) in [5.74, 6) is -2.98. The zero-order chi connectivity index (χ0) is 19.0. The molecule has 1 aliphatic rings. The number of nitrogens with zero attached hydrogens (tertiary/aromatic N) is 2. The van der Waals surface area contributed by atoms with Crippen molar-refractivity contribution in [3.8, 4) is 0 Å². The molecule has 1 fully saturated rings. The van der Waals surface area contributed by atoms with E-state index in [2.05, 4.69) is 15.5 Å². The molecule has 6 nitrogen and oxygen atoms in total. The number of benzene rings is 2. The SMILES string of the molecule is O=C(NCc1cc(F)cc(F)c1)C1CCN(c2ccc3[nH]ncc3c2)C1=O. The van der Waals surface area contributed by atoms with Gasteiger partial charge in [0, 0.05) is 30.2 Å². The van der Waals surface area contributed by atoms with E-state index < -0.39 is 23.5 Å². The fourth-order valence-electron chi connectivity index (χ4n) is 3.30. The van der Waals surface area contributed by atoms with Crippen LogP contribution in [-0.4, -0.2) is 28.6 Å². The lowest BCUT2D eigenvalue weighted by molar-refractivity contribution is -0.132. The van der Waals surface area contributed by atoms with E-state index in [4.69, 9.17) is 0 Å². The molecule has 1 aliphatic heterocycles. The molecule has 2 amide bonds. The molecular formula is C19H16F2N4O2. The molecule has 2 aromatic carbocycles. The van der Waals surface area contributed by atoms with Crippen molar-refractivity contribution < 1.29 is 18.4 Å². The molecule has 1 aromatic heterocycles. The van der Waals surface area contributed by atoms with Gasteiger partial charge in [0.2, 0.25) is 11.8 Å². The number of amides is 2. The number of hydrogen-bond donors (Lipinski definition) is 2. The highest BCUT2D eigenvalue weighted by Crippen LogP contribution is 2.27. The Morgan fingerprint density at radius 3 is 2.78 bits per heavy atom. The van der Waals surface area contributed by atoms with Gasteiger partial charge in [0.15, 0.2) is 0 Å². The second-order valence-corrected chi connectivity index (χ2v) is 6.47. The van der Waals surface area contributed by atoms with E-state index in [1.807, 2.05) is 12.1 Å². The standard InChI is InChI=1S/C19H16F2N4O2/c20-13-5-11(6-14(21)8-13)9-22-18(26)16-3-4-25(19(16)27)15-1-2-17-12(7-15)10-23-24-17/h1-2,5-8,10,16H,3-4,9H2,(H,22,26)(H,23,24). The van der Waals surface area contributed by atoms with Crippen LogP contribution in [0.4, 0.5) is 14.5 Å². The molecule has 8 heteroatoms. The molecule has 0 spiro atoms. The third-order valence-electron chi connectivity index (χ3n) is 4.65. The minimum atomic E-state index is -0.816. The van der Waals surface area contributed by atoms with Gasteiger partial charge in [-0.25, -0.2) is 8.78 Å². The van der Waals surface area contributed by atoms with E-state index in [0.717, 1.165) is 29.1 Å². The summed E-state index contributed by atoms with van der Waals surface area (Å²) in [5, 5.41) is 10.3. The number of H-pyrrole nitrogens is 1. The third kappa shape index (κ3) is 3.38. The van der Waals surface area contributed by atoms with Crippen molar-refractivity contribution in [2.24, 2.45) is 5.92 Å². The molecule has 1 atom stereocenters. The van der Waals surface area contributed by atoms with Crippen molar-refractivity contribution in [3.05, 3.63) is 59.8 Å². The van der Waals surface area contributed by atoms with Crippen molar-refractivity contribution in [2.75, 3.05) is 11.4 Å². The number of hydrogen-bond acceptors (Lipinski definition) is 3. The van der Waals surface area contributed by atoms with Crippen molar-refractivity contribution in [1.29, 1.82) is 0 Å². The lowest BCUT2D eigenvalue weighted by Gasteiger charge is -2.17. The molecular weight excluding hydrogens is 354 g/mol. The van der Waals surface area contributed by atoms with Crippen LogP contribution >= 0.6 is 0 Å². The first kappa shape index (κ1) is 17.1. The average Bonchev–Trinajstić information content (AvgIpc) is 3.24. The summed E-state index contributed by atoms with van der Waals surface area (Å²) in [4.78, 5) is 26.6. The summed E-state index contributed by atoms with van der Waals surface area (Å²) in [5.41, 5.74) is 1.87. The maximum Gasteiger partial charge on any atom is 0.239 e. The number of nitrogens with one attached hydrogen (secondary N) is 2. The molecule has 0 radical (unpaired) electrons. The molecule has 0 aliphatic carbocycles. The molecule has 0 bridgehead atoms. The van der Waals surface area contributed by atoms with Gasteiger partial charge in [0.1, 0.15) is 17.6 Å². The van der Waals surface area contributed by atoms with Gasteiger partial charge in [-0.05, 0) is 42.3 Å². The predicted octanol–water partition coefficient (Wildman–Crippen LogP) is 2.51. The number of anilines is 1. The predicted molar refractivity (Wildman–Crippen MR) is 94.8 cm³/mol. The van der Waals surface area contributed by atoms with Gasteiger partial charge in [0.25, 0.3) is 0 Å². The number of fused-ring (bicyclic) bond motifs is 1. The molecule has 3 aromatic rings. The van der Waals surface area contributed by atoms with Gasteiger partial charge in [-0.15, -0.1) is 0 Å². The van der Waals surface area contributed by atoms with Gasteiger partial charge in [-0.2, -0.15) is 5.10 Å². The van der Waals surface area contributed by atoms with E-state index in [1.165, 1.54) is 0 Å². The number of rotatable bonds is 4. The molecule has 27 heavy (non-hydrogen) atoms. The van der Waals surface area contributed by atoms with Crippen LogP contribution in [-0.2, 0) is 16.1 Å². The summed E-state index contributed by atoms with van der Waals surface area (Å²) < 4.78 is 26.4. The molecule has 2 N–H and O–H groups in total. The molecule has 138 valence electrons. The average molecular weight is 370 g/mol. The van der Waals surface area contributed by atoms with E-state index in [-0.39, 0.29) is 12.5 Å². The fourth-order valence-corrected chi connectivity index (χ4v) is 3.30. The minimum Gasteiger partial charge on any atom is -0.351 e. The maximum absolute atomic E-state index is 13.2. The van der Waals surface area contributed by atoms with Gasteiger partial charge >= 0.3 is 0 Å². The lowest BCUT2D eigenvalue weighted by Crippen LogP contribution is -2.36. The Hall–Kier alpha value is -3.29. The zero-order valence-corrected chi connectivity index (χ0v) is 14.2. The van der Waals surface area contributed by atoms with Crippen LogP contribution < -0.4 is 10.2 Å². The van der Waals surface area contributed by atoms with Crippen LogP contribution in [0.1, 0.15) is 12.0 Å². The third-order valence-corrected chi connectivity index (χ3v) is 4.65. The van der Waals surface area contributed by atoms with Gasteiger partial charge in [-0.3, -0.25) is 14.7 Å². The summed E-state index contributed by atoms with van der Waals surface area (Å²) in [6.07, 6.45) is 2.05. The normalized spacial score (nSPS) is 16.9. The van der Waals surface area contributed by atoms with Crippen LogP contribution in [0.25, 0.3) is 10.9 Å². The summed E-state index contributed by atoms with van der Waals surface area (Å²) in [6.45, 7) is 0.382. The van der Waals surface area contributed by atoms with Gasteiger partial charge in [-0.1, -0.05) is 0 Å². The highest BCUT2D eigenvalue weighted by Gasteiger charge is 2.37.